The van der Waals surface area contributed by atoms with E-state index in [0.29, 0.717) is 11.1 Å². The van der Waals surface area contributed by atoms with Crippen LogP contribution in [-0.4, -0.2) is 19.6 Å². The summed E-state index contributed by atoms with van der Waals surface area (Å²) in [5.41, 5.74) is 0.727. The molecular weight excluding hydrogens is 212 g/mol. The smallest absolute Gasteiger partial charge is 0.180 e. The molecule has 1 atom stereocenters. The van der Waals surface area contributed by atoms with Crippen LogP contribution in [0.15, 0.2) is 12.4 Å². The zero-order chi connectivity index (χ0) is 10.4. The molecule has 0 spiro atoms. The Balaban J connectivity index is 2.17. The van der Waals surface area contributed by atoms with Gasteiger partial charge in [-0.2, -0.15) is 0 Å². The van der Waals surface area contributed by atoms with Crippen LogP contribution in [0.1, 0.15) is 31.5 Å². The Kier molecular flexibility index (Phi) is 1.92. The van der Waals surface area contributed by atoms with Gasteiger partial charge in [-0.25, -0.2) is 0 Å². The molecule has 0 amide bonds. The van der Waals surface area contributed by atoms with Crippen LogP contribution in [0.5, 0.6) is 0 Å². The van der Waals surface area contributed by atoms with Gasteiger partial charge in [0, 0.05) is 5.92 Å². The van der Waals surface area contributed by atoms with Crippen LogP contribution < -0.4 is 0 Å². The Hall–Kier alpha value is -1.16. The van der Waals surface area contributed by atoms with Crippen LogP contribution in [0.3, 0.4) is 0 Å². The van der Waals surface area contributed by atoms with Gasteiger partial charge < -0.3 is 0 Å². The van der Waals surface area contributed by atoms with Gasteiger partial charge in [0.05, 0.1) is 12.4 Å². The first-order chi connectivity index (χ1) is 7.27. The van der Waals surface area contributed by atoms with Gasteiger partial charge in [0.15, 0.2) is 5.65 Å². The normalized spacial score (nSPS) is 18.3. The lowest BCUT2D eigenvalue weighted by molar-refractivity contribution is 0.613. The first-order valence-electron chi connectivity index (χ1n) is 5.12. The van der Waals surface area contributed by atoms with Crippen molar-refractivity contribution in [2.45, 2.75) is 25.7 Å². The van der Waals surface area contributed by atoms with Crippen LogP contribution in [0.25, 0.3) is 5.65 Å². The lowest BCUT2D eigenvalue weighted by Crippen LogP contribution is -2.03. The molecule has 1 saturated carbocycles. The lowest BCUT2D eigenvalue weighted by atomic mass is 10.1. The largest absolute Gasteiger partial charge is 0.266 e. The van der Waals surface area contributed by atoms with Gasteiger partial charge in [0.2, 0.25) is 0 Å². The molecule has 1 unspecified atom stereocenters. The standard InChI is InChI=1S/C10H11ClN4/c1-6(7-2-3-7)10-14-13-9-5-12-4-8(11)15(9)10/h4-7H,2-3H2,1H3. The molecule has 1 aliphatic carbocycles. The Labute approximate surface area is 92.3 Å². The number of rotatable bonds is 2. The molecule has 3 rings (SSSR count). The average Bonchev–Trinajstić information content (AvgIpc) is 2.98. The van der Waals surface area contributed by atoms with Gasteiger partial charge in [-0.3, -0.25) is 9.38 Å². The number of nitrogens with zero attached hydrogens (tertiary/aromatic N) is 4. The average molecular weight is 223 g/mol. The van der Waals surface area contributed by atoms with Crippen molar-refractivity contribution in [1.82, 2.24) is 19.6 Å². The van der Waals surface area contributed by atoms with Crippen LogP contribution >= 0.6 is 11.6 Å². The highest BCUT2D eigenvalue weighted by atomic mass is 35.5. The summed E-state index contributed by atoms with van der Waals surface area (Å²) in [6, 6.07) is 0. The molecule has 0 aromatic carbocycles. The maximum Gasteiger partial charge on any atom is 0.180 e. The van der Waals surface area contributed by atoms with Crippen molar-refractivity contribution >= 4 is 17.2 Å². The van der Waals surface area contributed by atoms with Crippen LogP contribution in [0.4, 0.5) is 0 Å². The molecule has 2 aromatic heterocycles. The molecule has 15 heavy (non-hydrogen) atoms. The fourth-order valence-electron chi connectivity index (χ4n) is 1.94. The topological polar surface area (TPSA) is 43.1 Å². The van der Waals surface area contributed by atoms with E-state index in [-0.39, 0.29) is 0 Å². The predicted molar refractivity (Wildman–Crippen MR) is 56.9 cm³/mol. The minimum atomic E-state index is 0.430. The SMILES string of the molecule is CC(c1nnc2cncc(Cl)n12)C1CC1. The predicted octanol–water partition coefficient (Wildman–Crippen LogP) is 2.29. The monoisotopic (exact) mass is 222 g/mol. The second kappa shape index (κ2) is 3.17. The van der Waals surface area contributed by atoms with Crippen LogP contribution in [-0.2, 0) is 0 Å². The summed E-state index contributed by atoms with van der Waals surface area (Å²) in [6.07, 6.45) is 5.89. The highest BCUT2D eigenvalue weighted by molar-refractivity contribution is 6.29. The Morgan fingerprint density at radius 3 is 2.93 bits per heavy atom. The zero-order valence-electron chi connectivity index (χ0n) is 8.39. The summed E-state index contributed by atoms with van der Waals surface area (Å²) >= 11 is 6.09. The fourth-order valence-corrected chi connectivity index (χ4v) is 2.17. The number of hydrogen-bond acceptors (Lipinski definition) is 3. The summed E-state index contributed by atoms with van der Waals surface area (Å²) in [6.45, 7) is 2.19. The van der Waals surface area contributed by atoms with Crippen molar-refractivity contribution in [3.05, 3.63) is 23.4 Å². The molecule has 1 fully saturated rings. The molecule has 0 N–H and O–H groups in total. The van der Waals surface area contributed by atoms with E-state index < -0.39 is 0 Å². The molecule has 2 heterocycles. The van der Waals surface area contributed by atoms with E-state index in [4.69, 9.17) is 11.6 Å². The second-order valence-corrected chi connectivity index (χ2v) is 4.50. The van der Waals surface area contributed by atoms with Crippen molar-refractivity contribution in [2.75, 3.05) is 0 Å². The maximum absolute atomic E-state index is 6.09. The first-order valence-corrected chi connectivity index (χ1v) is 5.49. The van der Waals surface area contributed by atoms with Crippen molar-refractivity contribution in [2.24, 2.45) is 5.92 Å². The van der Waals surface area contributed by atoms with Crippen LogP contribution in [0, 0.1) is 5.92 Å². The number of halogens is 1. The summed E-state index contributed by atoms with van der Waals surface area (Å²) in [5.74, 6) is 2.14. The van der Waals surface area contributed by atoms with E-state index in [2.05, 4.69) is 22.1 Å². The third kappa shape index (κ3) is 1.40. The minimum absolute atomic E-state index is 0.430. The minimum Gasteiger partial charge on any atom is -0.266 e. The molecule has 5 heteroatoms. The third-order valence-electron chi connectivity index (χ3n) is 3.03. The highest BCUT2D eigenvalue weighted by Gasteiger charge is 2.32. The molecule has 4 nitrogen and oxygen atoms in total. The van der Waals surface area contributed by atoms with Gasteiger partial charge in [-0.15, -0.1) is 10.2 Å². The van der Waals surface area contributed by atoms with Gasteiger partial charge in [0.1, 0.15) is 11.0 Å². The molecule has 0 radical (unpaired) electrons. The highest BCUT2D eigenvalue weighted by Crippen LogP contribution is 2.41. The first kappa shape index (κ1) is 9.09. The maximum atomic E-state index is 6.09. The molecule has 78 valence electrons. The molecular formula is C10H11ClN4. The van der Waals surface area contributed by atoms with Crippen LogP contribution in [0.2, 0.25) is 5.15 Å². The molecule has 1 aliphatic rings. The van der Waals surface area contributed by atoms with Crippen molar-refractivity contribution in [3.8, 4) is 0 Å². The number of aromatic nitrogens is 4. The van der Waals surface area contributed by atoms with E-state index in [9.17, 15) is 0 Å². The van der Waals surface area contributed by atoms with Crippen molar-refractivity contribution < 1.29 is 0 Å². The second-order valence-electron chi connectivity index (χ2n) is 4.11. The number of hydrogen-bond donors (Lipinski definition) is 0. The fraction of sp³-hybridized carbons (Fsp3) is 0.500. The molecule has 2 aromatic rings. The third-order valence-corrected chi connectivity index (χ3v) is 3.30. The van der Waals surface area contributed by atoms with E-state index in [1.54, 1.807) is 12.4 Å². The summed E-state index contributed by atoms with van der Waals surface area (Å²) in [5, 5.41) is 8.87. The van der Waals surface area contributed by atoms with Gasteiger partial charge >= 0.3 is 0 Å². The Morgan fingerprint density at radius 1 is 1.40 bits per heavy atom. The molecule has 0 bridgehead atoms. The van der Waals surface area contributed by atoms with Gasteiger partial charge in [0.25, 0.3) is 0 Å². The number of fused-ring (bicyclic) bond motifs is 1. The van der Waals surface area contributed by atoms with Crippen molar-refractivity contribution in [1.29, 1.82) is 0 Å². The van der Waals surface area contributed by atoms with Gasteiger partial charge in [-0.1, -0.05) is 18.5 Å². The van der Waals surface area contributed by atoms with E-state index in [1.165, 1.54) is 12.8 Å². The molecule has 0 aliphatic heterocycles. The summed E-state index contributed by atoms with van der Waals surface area (Å²) in [7, 11) is 0. The van der Waals surface area contributed by atoms with E-state index in [0.717, 1.165) is 17.4 Å². The quantitative estimate of drug-likeness (QED) is 0.783. The lowest BCUT2D eigenvalue weighted by Gasteiger charge is -2.08. The Bertz CT molecular complexity index is 503. The molecule has 0 saturated heterocycles. The zero-order valence-corrected chi connectivity index (χ0v) is 9.15. The summed E-state index contributed by atoms with van der Waals surface area (Å²) < 4.78 is 1.89. The Morgan fingerprint density at radius 2 is 2.20 bits per heavy atom. The van der Waals surface area contributed by atoms with Gasteiger partial charge in [-0.05, 0) is 18.8 Å². The van der Waals surface area contributed by atoms with E-state index in [1.807, 2.05) is 4.40 Å². The van der Waals surface area contributed by atoms with Crippen molar-refractivity contribution in [3.63, 3.8) is 0 Å². The van der Waals surface area contributed by atoms with E-state index >= 15 is 0 Å². The summed E-state index contributed by atoms with van der Waals surface area (Å²) in [4.78, 5) is 3.99.